The van der Waals surface area contributed by atoms with Crippen LogP contribution >= 0.6 is 0 Å². The minimum atomic E-state index is -0.766. The molecule has 1 saturated carbocycles. The highest BCUT2D eigenvalue weighted by Crippen LogP contribution is 2.28. The largest absolute Gasteiger partial charge is 0.388 e. The van der Waals surface area contributed by atoms with Crippen LogP contribution in [0, 0.1) is 0 Å². The molecule has 100 valence electrons. The van der Waals surface area contributed by atoms with Crippen LogP contribution in [-0.4, -0.2) is 20.5 Å². The van der Waals surface area contributed by atoms with Crippen molar-refractivity contribution in [2.75, 3.05) is 0 Å². The lowest BCUT2D eigenvalue weighted by Crippen LogP contribution is -2.40. The summed E-state index contributed by atoms with van der Waals surface area (Å²) in [7, 11) is 0. The highest BCUT2D eigenvalue weighted by molar-refractivity contribution is 5.80. The van der Waals surface area contributed by atoms with Gasteiger partial charge in [0.15, 0.2) is 0 Å². The van der Waals surface area contributed by atoms with Crippen molar-refractivity contribution in [1.29, 1.82) is 0 Å². The lowest BCUT2D eigenvalue weighted by atomic mass is 9.85. The van der Waals surface area contributed by atoms with Gasteiger partial charge in [-0.15, -0.1) is 0 Å². The lowest BCUT2D eigenvalue weighted by Gasteiger charge is -2.31. The van der Waals surface area contributed by atoms with Crippen LogP contribution in [0.15, 0.2) is 35.3 Å². The van der Waals surface area contributed by atoms with Gasteiger partial charge < -0.3 is 5.11 Å². The van der Waals surface area contributed by atoms with Gasteiger partial charge in [-0.3, -0.25) is 4.79 Å². The zero-order valence-corrected chi connectivity index (χ0v) is 10.9. The number of nitrogens with zero attached hydrogens (tertiary/aromatic N) is 2. The maximum absolute atomic E-state index is 12.3. The van der Waals surface area contributed by atoms with E-state index in [2.05, 4.69) is 5.10 Å². The van der Waals surface area contributed by atoms with Crippen molar-refractivity contribution in [3.63, 3.8) is 0 Å². The Bertz CT molecular complexity index is 642. The average Bonchev–Trinajstić information content (AvgIpc) is 2.43. The van der Waals surface area contributed by atoms with Crippen molar-refractivity contribution < 1.29 is 5.11 Å². The van der Waals surface area contributed by atoms with E-state index in [1.165, 1.54) is 11.1 Å². The van der Waals surface area contributed by atoms with Gasteiger partial charge in [-0.1, -0.05) is 37.5 Å². The van der Waals surface area contributed by atoms with Crippen molar-refractivity contribution in [3.8, 4) is 0 Å². The molecule has 1 aliphatic rings. The normalized spacial score (nSPS) is 18.6. The molecule has 0 spiro atoms. The van der Waals surface area contributed by atoms with E-state index in [1.54, 1.807) is 12.3 Å². The number of benzene rings is 1. The molecule has 0 saturated heterocycles. The molecule has 0 aliphatic heterocycles. The van der Waals surface area contributed by atoms with Gasteiger partial charge >= 0.3 is 0 Å². The molecule has 2 aromatic rings. The number of hydrogen-bond donors (Lipinski definition) is 1. The molecule has 1 aromatic carbocycles. The fourth-order valence-electron chi connectivity index (χ4n) is 2.89. The number of rotatable bonds is 2. The van der Waals surface area contributed by atoms with E-state index in [9.17, 15) is 9.90 Å². The zero-order valence-electron chi connectivity index (χ0n) is 10.9. The van der Waals surface area contributed by atoms with E-state index in [-0.39, 0.29) is 5.56 Å². The summed E-state index contributed by atoms with van der Waals surface area (Å²) >= 11 is 0. The standard InChI is InChI=1S/C15H18N2O2/c18-14-13-7-3-2-6-12(13)10-16-17(14)11-15(19)8-4-1-5-9-15/h2-3,6-7,10,19H,1,4-5,8-9,11H2. The summed E-state index contributed by atoms with van der Waals surface area (Å²) in [5.74, 6) is 0. The molecule has 3 rings (SSSR count). The Morgan fingerprint density at radius 1 is 1.21 bits per heavy atom. The average molecular weight is 258 g/mol. The third-order valence-corrected chi connectivity index (χ3v) is 3.99. The molecule has 4 heteroatoms. The first-order chi connectivity index (χ1) is 9.18. The molecule has 0 amide bonds. The quantitative estimate of drug-likeness (QED) is 0.897. The zero-order chi connectivity index (χ0) is 13.3. The lowest BCUT2D eigenvalue weighted by molar-refractivity contribution is -0.0153. The summed E-state index contributed by atoms with van der Waals surface area (Å²) in [6, 6.07) is 7.43. The van der Waals surface area contributed by atoms with Crippen LogP contribution in [0.2, 0.25) is 0 Å². The molecule has 0 atom stereocenters. The first-order valence-corrected chi connectivity index (χ1v) is 6.85. The van der Waals surface area contributed by atoms with Crippen LogP contribution in [0.3, 0.4) is 0 Å². The molecule has 1 heterocycles. The predicted octanol–water partition coefficient (Wildman–Crippen LogP) is 2.09. The van der Waals surface area contributed by atoms with Crippen LogP contribution in [0.25, 0.3) is 10.8 Å². The Balaban J connectivity index is 1.97. The van der Waals surface area contributed by atoms with Gasteiger partial charge in [-0.05, 0) is 18.9 Å². The molecule has 1 fully saturated rings. The third kappa shape index (κ3) is 2.40. The van der Waals surface area contributed by atoms with E-state index in [1.807, 2.05) is 18.2 Å². The summed E-state index contributed by atoms with van der Waals surface area (Å²) in [5.41, 5.74) is -0.880. The molecule has 1 aliphatic carbocycles. The highest BCUT2D eigenvalue weighted by Gasteiger charge is 2.30. The van der Waals surface area contributed by atoms with Gasteiger partial charge in [-0.2, -0.15) is 5.10 Å². The molecule has 4 nitrogen and oxygen atoms in total. The second-order valence-electron chi connectivity index (χ2n) is 5.48. The Kier molecular flexibility index (Phi) is 3.11. The summed E-state index contributed by atoms with van der Waals surface area (Å²) in [6.45, 7) is 0.302. The first kappa shape index (κ1) is 12.4. The van der Waals surface area contributed by atoms with E-state index in [0.717, 1.165) is 31.1 Å². The van der Waals surface area contributed by atoms with Gasteiger partial charge in [0.25, 0.3) is 5.56 Å². The maximum Gasteiger partial charge on any atom is 0.274 e. The van der Waals surface area contributed by atoms with Crippen molar-refractivity contribution in [1.82, 2.24) is 9.78 Å². The topological polar surface area (TPSA) is 55.1 Å². The van der Waals surface area contributed by atoms with Crippen LogP contribution in [-0.2, 0) is 6.54 Å². The Labute approximate surface area is 111 Å². The van der Waals surface area contributed by atoms with Gasteiger partial charge in [0.05, 0.1) is 23.7 Å². The Morgan fingerprint density at radius 2 is 1.95 bits per heavy atom. The molecule has 0 unspecified atom stereocenters. The fourth-order valence-corrected chi connectivity index (χ4v) is 2.89. The third-order valence-electron chi connectivity index (χ3n) is 3.99. The predicted molar refractivity (Wildman–Crippen MR) is 74.0 cm³/mol. The minimum Gasteiger partial charge on any atom is -0.388 e. The number of fused-ring (bicyclic) bond motifs is 1. The monoisotopic (exact) mass is 258 g/mol. The van der Waals surface area contributed by atoms with Gasteiger partial charge in [-0.25, -0.2) is 4.68 Å². The molecule has 0 bridgehead atoms. The van der Waals surface area contributed by atoms with Crippen molar-refractivity contribution in [3.05, 3.63) is 40.8 Å². The van der Waals surface area contributed by atoms with Crippen LogP contribution in [0.4, 0.5) is 0 Å². The molecule has 0 radical (unpaired) electrons. The van der Waals surface area contributed by atoms with E-state index < -0.39 is 5.60 Å². The van der Waals surface area contributed by atoms with Gasteiger partial charge in [0.1, 0.15) is 0 Å². The molecule has 19 heavy (non-hydrogen) atoms. The number of hydrogen-bond acceptors (Lipinski definition) is 3. The Morgan fingerprint density at radius 3 is 2.74 bits per heavy atom. The van der Waals surface area contributed by atoms with E-state index >= 15 is 0 Å². The molecular weight excluding hydrogens is 240 g/mol. The summed E-state index contributed by atoms with van der Waals surface area (Å²) in [4.78, 5) is 12.3. The van der Waals surface area contributed by atoms with Crippen LogP contribution < -0.4 is 5.56 Å². The van der Waals surface area contributed by atoms with Crippen molar-refractivity contribution in [2.24, 2.45) is 0 Å². The second-order valence-corrected chi connectivity index (χ2v) is 5.48. The molecular formula is C15H18N2O2. The fraction of sp³-hybridized carbons (Fsp3) is 0.467. The molecule has 1 N–H and O–H groups in total. The second kappa shape index (κ2) is 4.78. The van der Waals surface area contributed by atoms with Crippen LogP contribution in [0.1, 0.15) is 32.1 Å². The first-order valence-electron chi connectivity index (χ1n) is 6.85. The van der Waals surface area contributed by atoms with E-state index in [0.29, 0.717) is 11.9 Å². The number of aromatic nitrogens is 2. The SMILES string of the molecule is O=c1c2ccccc2cnn1CC1(O)CCCCC1. The van der Waals surface area contributed by atoms with Crippen molar-refractivity contribution >= 4 is 10.8 Å². The number of aliphatic hydroxyl groups is 1. The maximum atomic E-state index is 12.3. The summed E-state index contributed by atoms with van der Waals surface area (Å²) in [6.07, 6.45) is 6.44. The highest BCUT2D eigenvalue weighted by atomic mass is 16.3. The minimum absolute atomic E-state index is 0.114. The van der Waals surface area contributed by atoms with E-state index in [4.69, 9.17) is 0 Å². The molecule has 1 aromatic heterocycles. The summed E-state index contributed by atoms with van der Waals surface area (Å²) in [5, 5.41) is 16.2. The summed E-state index contributed by atoms with van der Waals surface area (Å²) < 4.78 is 1.41. The smallest absolute Gasteiger partial charge is 0.274 e. The van der Waals surface area contributed by atoms with Gasteiger partial charge in [0, 0.05) is 5.39 Å². The van der Waals surface area contributed by atoms with Crippen molar-refractivity contribution in [2.45, 2.75) is 44.2 Å². The van der Waals surface area contributed by atoms with Gasteiger partial charge in [0.2, 0.25) is 0 Å². The van der Waals surface area contributed by atoms with Crippen LogP contribution in [0.5, 0.6) is 0 Å². The Hall–Kier alpha value is -1.68.